The molecule has 1 aliphatic rings. The Balaban J connectivity index is 1.67. The van der Waals surface area contributed by atoms with Gasteiger partial charge in [0.05, 0.1) is 22.9 Å². The van der Waals surface area contributed by atoms with Gasteiger partial charge in [0.1, 0.15) is 0 Å². The van der Waals surface area contributed by atoms with Crippen LogP contribution in [0.25, 0.3) is 0 Å². The van der Waals surface area contributed by atoms with E-state index in [2.05, 4.69) is 169 Å². The lowest BCUT2D eigenvalue weighted by molar-refractivity contribution is 0.925. The second-order valence-corrected chi connectivity index (χ2v) is 15.1. The highest BCUT2D eigenvalue weighted by atomic mass is 32.2. The minimum absolute atomic E-state index is 0.549. The van der Waals surface area contributed by atoms with Gasteiger partial charge >= 0.3 is 0 Å². The summed E-state index contributed by atoms with van der Waals surface area (Å²) in [6.45, 7) is 4.24. The molecule has 0 aliphatic carbocycles. The van der Waals surface area contributed by atoms with Gasteiger partial charge in [0.2, 0.25) is 0 Å². The Morgan fingerprint density at radius 1 is 0.446 bits per heavy atom. The number of nitrogens with zero attached hydrogens (tertiary/aromatic N) is 6. The van der Waals surface area contributed by atoms with Gasteiger partial charge in [-0.2, -0.15) is 0 Å². The Kier molecular flexibility index (Phi) is 12.6. The molecule has 1 aliphatic heterocycles. The molecule has 6 aromatic rings. The molecule has 6 nitrogen and oxygen atoms in total. The third kappa shape index (κ3) is 9.20. The molecular formula is C48H44N6S2. The zero-order valence-corrected chi connectivity index (χ0v) is 33.7. The van der Waals surface area contributed by atoms with Crippen LogP contribution in [0.4, 0.5) is 34.1 Å². The molecule has 1 heterocycles. The molecule has 6 aromatic carbocycles. The maximum absolute atomic E-state index is 5.42. The van der Waals surface area contributed by atoms with Crippen molar-refractivity contribution in [2.75, 3.05) is 45.2 Å². The van der Waals surface area contributed by atoms with Gasteiger partial charge in [-0.25, -0.2) is 9.98 Å². The van der Waals surface area contributed by atoms with Crippen LogP contribution in [0.15, 0.2) is 191 Å². The van der Waals surface area contributed by atoms with Crippen LogP contribution in [0.1, 0.15) is 11.1 Å². The molecule has 0 amide bonds. The smallest absolute Gasteiger partial charge is 0.175 e. The molecule has 0 unspecified atom stereocenters. The average Bonchev–Trinajstić information content (AvgIpc) is 3.24. The van der Waals surface area contributed by atoms with E-state index in [9.17, 15) is 0 Å². The summed E-state index contributed by atoms with van der Waals surface area (Å²) in [5.41, 5.74) is 7.96. The van der Waals surface area contributed by atoms with Crippen molar-refractivity contribution in [2.24, 2.45) is 9.98 Å². The summed E-state index contributed by atoms with van der Waals surface area (Å²) in [5, 5.41) is 1.56. The maximum Gasteiger partial charge on any atom is 0.175 e. The zero-order chi connectivity index (χ0) is 38.7. The lowest BCUT2D eigenvalue weighted by Crippen LogP contribution is -2.46. The monoisotopic (exact) mass is 768 g/mol. The molecule has 56 heavy (non-hydrogen) atoms. The van der Waals surface area contributed by atoms with Crippen molar-refractivity contribution in [2.45, 2.75) is 13.8 Å². The van der Waals surface area contributed by atoms with Crippen molar-refractivity contribution in [1.29, 1.82) is 0 Å². The maximum atomic E-state index is 5.42. The number of aliphatic imine (C=N–C) groups is 2. The van der Waals surface area contributed by atoms with E-state index in [-0.39, 0.29) is 0 Å². The normalized spacial score (nSPS) is 15.1. The van der Waals surface area contributed by atoms with Crippen molar-refractivity contribution < 1.29 is 0 Å². The average molecular weight is 769 g/mol. The topological polar surface area (TPSA) is 37.7 Å². The first-order chi connectivity index (χ1) is 27.5. The van der Waals surface area contributed by atoms with Crippen LogP contribution in [0, 0.1) is 25.7 Å². The molecule has 8 heteroatoms. The molecule has 0 N–H and O–H groups in total. The number of aryl methyl sites for hydroxylation is 2. The number of anilines is 4. The first-order valence-corrected chi connectivity index (χ1v) is 20.5. The van der Waals surface area contributed by atoms with Gasteiger partial charge in [-0.3, -0.25) is 9.80 Å². The molecule has 278 valence electrons. The Morgan fingerprint density at radius 2 is 0.768 bits per heavy atom. The van der Waals surface area contributed by atoms with Gasteiger partial charge < -0.3 is 9.80 Å². The van der Waals surface area contributed by atoms with E-state index in [0.29, 0.717) is 11.5 Å². The first-order valence-electron chi connectivity index (χ1n) is 18.5. The summed E-state index contributed by atoms with van der Waals surface area (Å²) in [6, 6.07) is 58.7. The van der Waals surface area contributed by atoms with Gasteiger partial charge in [0.15, 0.2) is 22.0 Å². The van der Waals surface area contributed by atoms with E-state index in [1.807, 2.05) is 60.7 Å². The third-order valence-electron chi connectivity index (χ3n) is 9.15. The van der Waals surface area contributed by atoms with Crippen molar-refractivity contribution in [3.63, 3.8) is 0 Å². The highest BCUT2D eigenvalue weighted by Gasteiger charge is 2.34. The molecule has 0 fully saturated rings. The third-order valence-corrected chi connectivity index (χ3v) is 10.8. The van der Waals surface area contributed by atoms with Crippen LogP contribution in [0.5, 0.6) is 0 Å². The van der Waals surface area contributed by atoms with Crippen molar-refractivity contribution in [3.05, 3.63) is 193 Å². The Labute approximate surface area is 339 Å². The molecule has 0 spiro atoms. The fraction of sp³-hybridized carbons (Fsp3) is 0.125. The van der Waals surface area contributed by atoms with Crippen molar-refractivity contribution in [3.8, 4) is 11.8 Å². The fourth-order valence-corrected chi connectivity index (χ4v) is 7.79. The number of hydrogen-bond acceptors (Lipinski definition) is 6. The van der Waals surface area contributed by atoms with E-state index in [1.54, 1.807) is 23.5 Å². The highest BCUT2D eigenvalue weighted by Crippen LogP contribution is 2.38. The summed E-state index contributed by atoms with van der Waals surface area (Å²) >= 11 is 3.26. The number of thioether (sulfide) groups is 2. The molecule has 0 saturated carbocycles. The largest absolute Gasteiger partial charge is 0.327 e. The van der Waals surface area contributed by atoms with Crippen LogP contribution in [0.3, 0.4) is 0 Å². The summed E-state index contributed by atoms with van der Waals surface area (Å²) in [5.74, 6) is 9.73. The van der Waals surface area contributed by atoms with E-state index >= 15 is 0 Å². The second-order valence-electron chi connectivity index (χ2n) is 13.2. The Hall–Kier alpha value is -6.14. The summed E-state index contributed by atoms with van der Waals surface area (Å²) < 4.78 is 0. The van der Waals surface area contributed by atoms with Crippen LogP contribution in [-0.4, -0.2) is 35.9 Å². The Bertz CT molecular complexity index is 2190. The molecule has 0 aromatic heterocycles. The first kappa shape index (κ1) is 38.1. The molecule has 0 atom stereocenters. The van der Waals surface area contributed by atoms with E-state index < -0.39 is 0 Å². The standard InChI is InChI=1S/C48H44N6S2/c1-37-27-31-43(32-28-37)53-45(51(3)41-23-13-7-14-24-41)46(52(4)42-25-15-8-16-26-42)54(44-33-29-38(2)30-34-44)48(50-40-21-11-6-12-22-40)56-36-18-17-35-55-47(53)49-39-19-9-5-10-20-39/h5-16,19-34H,35-36H2,1-4H3. The van der Waals surface area contributed by atoms with Gasteiger partial charge in [0, 0.05) is 36.8 Å². The van der Waals surface area contributed by atoms with Crippen LogP contribution in [-0.2, 0) is 0 Å². The predicted octanol–water partition coefficient (Wildman–Crippen LogP) is 11.9. The Morgan fingerprint density at radius 3 is 1.11 bits per heavy atom. The van der Waals surface area contributed by atoms with Crippen molar-refractivity contribution in [1.82, 2.24) is 0 Å². The molecule has 0 radical (unpaired) electrons. The number of para-hydroxylation sites is 4. The van der Waals surface area contributed by atoms with E-state index in [1.165, 1.54) is 11.1 Å². The SMILES string of the molecule is Cc1ccc(N2C(=Nc3ccccc3)SCC#CCSC(=Nc3ccccc3)N(c3ccc(C)cc3)C(N(C)c3ccccc3)=C2N(C)c2ccccc2)cc1. The fourth-order valence-electron chi connectivity index (χ4n) is 6.20. The molecule has 0 saturated heterocycles. The number of amidine groups is 2. The van der Waals surface area contributed by atoms with E-state index in [4.69, 9.17) is 9.98 Å². The van der Waals surface area contributed by atoms with E-state index in [0.717, 1.165) is 56.1 Å². The number of hydrogen-bond donors (Lipinski definition) is 0. The molecular weight excluding hydrogens is 725 g/mol. The minimum atomic E-state index is 0.549. The highest BCUT2D eigenvalue weighted by molar-refractivity contribution is 8.14. The van der Waals surface area contributed by atoms with Crippen LogP contribution in [0.2, 0.25) is 0 Å². The molecule has 0 bridgehead atoms. The van der Waals surface area contributed by atoms with Gasteiger partial charge in [-0.1, -0.05) is 144 Å². The van der Waals surface area contributed by atoms with Crippen molar-refractivity contribution >= 4 is 68.0 Å². The minimum Gasteiger partial charge on any atom is -0.327 e. The summed E-state index contributed by atoms with van der Waals surface area (Å²) in [4.78, 5) is 19.9. The number of benzene rings is 6. The van der Waals surface area contributed by atoms with Crippen LogP contribution >= 0.6 is 23.5 Å². The number of rotatable bonds is 8. The zero-order valence-electron chi connectivity index (χ0n) is 32.1. The van der Waals surface area contributed by atoms with Gasteiger partial charge in [-0.15, -0.1) is 0 Å². The van der Waals surface area contributed by atoms with Crippen LogP contribution < -0.4 is 19.6 Å². The molecule has 7 rings (SSSR count). The second kappa shape index (κ2) is 18.5. The van der Waals surface area contributed by atoms with Gasteiger partial charge in [0.25, 0.3) is 0 Å². The summed E-state index contributed by atoms with van der Waals surface area (Å²) in [6.07, 6.45) is 0. The summed E-state index contributed by atoms with van der Waals surface area (Å²) in [7, 11) is 4.27. The quantitative estimate of drug-likeness (QED) is 0.144. The van der Waals surface area contributed by atoms with Gasteiger partial charge in [-0.05, 0) is 86.6 Å². The predicted molar refractivity (Wildman–Crippen MR) is 244 cm³/mol. The lowest BCUT2D eigenvalue weighted by Gasteiger charge is -2.42. The lowest BCUT2D eigenvalue weighted by atomic mass is 10.2.